The number of ether oxygens (including phenoxy) is 1. The number of guanidine groups is 1. The Kier molecular flexibility index (Phi) is 7.80. The first-order chi connectivity index (χ1) is 12.1. The Morgan fingerprint density at radius 3 is 2.80 bits per heavy atom. The van der Waals surface area contributed by atoms with Gasteiger partial charge in [0.25, 0.3) is 0 Å². The molecule has 0 bridgehead atoms. The normalized spacial score (nSPS) is 11.8. The predicted molar refractivity (Wildman–Crippen MR) is 99.7 cm³/mol. The Balaban J connectivity index is 1.92. The van der Waals surface area contributed by atoms with Crippen LogP contribution in [-0.4, -0.2) is 45.5 Å². The van der Waals surface area contributed by atoms with Crippen LogP contribution in [0.4, 0.5) is 0 Å². The largest absolute Gasteiger partial charge is 0.382 e. The second kappa shape index (κ2) is 10.1. The minimum Gasteiger partial charge on any atom is -0.382 e. The van der Waals surface area contributed by atoms with E-state index < -0.39 is 0 Å². The molecule has 0 amide bonds. The molecule has 2 rings (SSSR count). The van der Waals surface area contributed by atoms with Crippen LogP contribution >= 0.6 is 11.3 Å². The summed E-state index contributed by atoms with van der Waals surface area (Å²) in [4.78, 5) is 10.2. The first-order valence-corrected chi connectivity index (χ1v) is 9.28. The molecule has 138 valence electrons. The van der Waals surface area contributed by atoms with Gasteiger partial charge in [-0.05, 0) is 27.2 Å². The minimum absolute atomic E-state index is 0.467. The molecule has 0 saturated heterocycles. The molecule has 0 spiro atoms. The van der Waals surface area contributed by atoms with Gasteiger partial charge in [-0.2, -0.15) is 0 Å². The van der Waals surface area contributed by atoms with Crippen molar-refractivity contribution < 1.29 is 4.74 Å². The second-order valence-corrected chi connectivity index (χ2v) is 6.90. The Morgan fingerprint density at radius 2 is 2.16 bits per heavy atom. The van der Waals surface area contributed by atoms with Crippen molar-refractivity contribution in [1.82, 2.24) is 30.4 Å². The lowest BCUT2D eigenvalue weighted by molar-refractivity contribution is 0.145. The van der Waals surface area contributed by atoms with Crippen molar-refractivity contribution in [2.75, 3.05) is 19.8 Å². The average Bonchev–Trinajstić information content (AvgIpc) is 3.16. The van der Waals surface area contributed by atoms with E-state index in [4.69, 9.17) is 4.74 Å². The zero-order valence-corrected chi connectivity index (χ0v) is 16.2. The van der Waals surface area contributed by atoms with Gasteiger partial charge in [-0.25, -0.2) is 9.98 Å². The lowest BCUT2D eigenvalue weighted by atomic mass is 10.4. The predicted octanol–water partition coefficient (Wildman–Crippen LogP) is 1.55. The van der Waals surface area contributed by atoms with Crippen LogP contribution in [0, 0.1) is 13.8 Å². The van der Waals surface area contributed by atoms with Crippen molar-refractivity contribution in [3.8, 4) is 0 Å². The van der Waals surface area contributed by atoms with Gasteiger partial charge in [-0.1, -0.05) is 0 Å². The van der Waals surface area contributed by atoms with E-state index in [1.807, 2.05) is 31.7 Å². The van der Waals surface area contributed by atoms with Gasteiger partial charge in [0.15, 0.2) is 11.8 Å². The SMILES string of the molecule is CCOCCCNC(=NCc1nnc(C)n1C)NCc1ncc(C)s1. The summed E-state index contributed by atoms with van der Waals surface area (Å²) in [6.45, 7) is 9.37. The molecular formula is C16H27N7OS. The third kappa shape index (κ3) is 6.43. The molecule has 0 aliphatic carbocycles. The van der Waals surface area contributed by atoms with Crippen LogP contribution in [0.5, 0.6) is 0 Å². The summed E-state index contributed by atoms with van der Waals surface area (Å²) in [5.74, 6) is 2.45. The molecule has 0 aromatic carbocycles. The summed E-state index contributed by atoms with van der Waals surface area (Å²) in [6, 6.07) is 0. The summed E-state index contributed by atoms with van der Waals surface area (Å²) in [6.07, 6.45) is 2.81. The number of hydrogen-bond acceptors (Lipinski definition) is 6. The molecule has 0 saturated carbocycles. The second-order valence-electron chi connectivity index (χ2n) is 5.58. The molecule has 2 heterocycles. The molecule has 2 aromatic heterocycles. The molecule has 2 N–H and O–H groups in total. The van der Waals surface area contributed by atoms with Crippen LogP contribution in [0.15, 0.2) is 11.2 Å². The molecule has 0 radical (unpaired) electrons. The molecular weight excluding hydrogens is 338 g/mol. The molecule has 0 atom stereocenters. The van der Waals surface area contributed by atoms with Crippen molar-refractivity contribution in [3.05, 3.63) is 27.7 Å². The molecule has 8 nitrogen and oxygen atoms in total. The average molecular weight is 366 g/mol. The lowest BCUT2D eigenvalue weighted by Gasteiger charge is -2.12. The smallest absolute Gasteiger partial charge is 0.192 e. The lowest BCUT2D eigenvalue weighted by Crippen LogP contribution is -2.37. The van der Waals surface area contributed by atoms with Gasteiger partial charge in [0.05, 0.1) is 6.54 Å². The van der Waals surface area contributed by atoms with Gasteiger partial charge in [-0.3, -0.25) is 0 Å². The van der Waals surface area contributed by atoms with Crippen LogP contribution < -0.4 is 10.6 Å². The topological polar surface area (TPSA) is 89.2 Å². The van der Waals surface area contributed by atoms with Crippen LogP contribution in [0.1, 0.15) is 34.9 Å². The highest BCUT2D eigenvalue weighted by Gasteiger charge is 2.06. The maximum atomic E-state index is 5.36. The van der Waals surface area contributed by atoms with E-state index in [0.717, 1.165) is 48.8 Å². The first kappa shape index (κ1) is 19.3. The summed E-state index contributed by atoms with van der Waals surface area (Å²) >= 11 is 1.68. The van der Waals surface area contributed by atoms with E-state index in [2.05, 4.69) is 37.7 Å². The van der Waals surface area contributed by atoms with Crippen molar-refractivity contribution in [2.24, 2.45) is 12.0 Å². The standard InChI is InChI=1S/C16H27N7OS/c1-5-24-8-6-7-17-16(20-11-15-18-9-12(2)25-15)19-10-14-22-21-13(3)23(14)4/h9H,5-8,10-11H2,1-4H3,(H2,17,19,20). The van der Waals surface area contributed by atoms with E-state index in [1.54, 1.807) is 11.3 Å². The summed E-state index contributed by atoms with van der Waals surface area (Å²) in [7, 11) is 1.95. The van der Waals surface area contributed by atoms with E-state index in [-0.39, 0.29) is 0 Å². The quantitative estimate of drug-likeness (QED) is 0.398. The van der Waals surface area contributed by atoms with Crippen LogP contribution in [0.2, 0.25) is 0 Å². The Morgan fingerprint density at radius 1 is 1.32 bits per heavy atom. The number of nitrogens with zero attached hydrogens (tertiary/aromatic N) is 5. The first-order valence-electron chi connectivity index (χ1n) is 8.46. The molecule has 0 aliphatic rings. The van der Waals surface area contributed by atoms with Crippen molar-refractivity contribution >= 4 is 17.3 Å². The highest BCUT2D eigenvalue weighted by Crippen LogP contribution is 2.10. The van der Waals surface area contributed by atoms with E-state index >= 15 is 0 Å². The molecule has 25 heavy (non-hydrogen) atoms. The number of rotatable bonds is 9. The maximum absolute atomic E-state index is 5.36. The van der Waals surface area contributed by atoms with Crippen molar-refractivity contribution in [1.29, 1.82) is 0 Å². The number of hydrogen-bond donors (Lipinski definition) is 2. The van der Waals surface area contributed by atoms with Gasteiger partial charge in [0.1, 0.15) is 17.4 Å². The zero-order chi connectivity index (χ0) is 18.1. The van der Waals surface area contributed by atoms with E-state index in [9.17, 15) is 0 Å². The van der Waals surface area contributed by atoms with Gasteiger partial charge in [-0.15, -0.1) is 21.5 Å². The van der Waals surface area contributed by atoms with Crippen LogP contribution in [0.25, 0.3) is 0 Å². The third-order valence-electron chi connectivity index (χ3n) is 3.60. The zero-order valence-electron chi connectivity index (χ0n) is 15.4. The summed E-state index contributed by atoms with van der Waals surface area (Å²) in [5.41, 5.74) is 0. The van der Waals surface area contributed by atoms with Gasteiger partial charge >= 0.3 is 0 Å². The fourth-order valence-corrected chi connectivity index (χ4v) is 2.81. The fraction of sp³-hybridized carbons (Fsp3) is 0.625. The minimum atomic E-state index is 0.467. The van der Waals surface area contributed by atoms with E-state index in [0.29, 0.717) is 13.1 Å². The highest BCUT2D eigenvalue weighted by molar-refractivity contribution is 7.11. The van der Waals surface area contributed by atoms with Gasteiger partial charge in [0.2, 0.25) is 0 Å². The number of thiazole rings is 1. The molecule has 9 heteroatoms. The van der Waals surface area contributed by atoms with Crippen LogP contribution in [-0.2, 0) is 24.9 Å². The number of aromatic nitrogens is 4. The molecule has 0 aliphatic heterocycles. The highest BCUT2D eigenvalue weighted by atomic mass is 32.1. The Hall–Kier alpha value is -2.00. The fourth-order valence-electron chi connectivity index (χ4n) is 2.08. The molecule has 0 fully saturated rings. The summed E-state index contributed by atoms with van der Waals surface area (Å²) in [5, 5.41) is 15.9. The molecule has 2 aromatic rings. The van der Waals surface area contributed by atoms with Crippen LogP contribution in [0.3, 0.4) is 0 Å². The Labute approximate surface area is 152 Å². The van der Waals surface area contributed by atoms with Gasteiger partial charge < -0.3 is 19.9 Å². The van der Waals surface area contributed by atoms with Crippen molar-refractivity contribution in [3.63, 3.8) is 0 Å². The van der Waals surface area contributed by atoms with E-state index in [1.165, 1.54) is 4.88 Å². The van der Waals surface area contributed by atoms with Gasteiger partial charge in [0, 0.05) is 37.9 Å². The maximum Gasteiger partial charge on any atom is 0.192 e. The number of nitrogens with one attached hydrogen (secondary N) is 2. The third-order valence-corrected chi connectivity index (χ3v) is 4.51. The Bertz CT molecular complexity index is 680. The monoisotopic (exact) mass is 365 g/mol. The summed E-state index contributed by atoms with van der Waals surface area (Å²) < 4.78 is 7.31. The van der Waals surface area contributed by atoms with Crippen molar-refractivity contribution in [2.45, 2.75) is 40.3 Å². The number of aliphatic imine (C=N–C) groups is 1. The number of aryl methyl sites for hydroxylation is 2. The molecule has 0 unspecified atom stereocenters.